The number of nitrogens with zero attached hydrogens (tertiary/aromatic N) is 1. The predicted molar refractivity (Wildman–Crippen MR) is 111 cm³/mol. The molecule has 0 aliphatic carbocycles. The van der Waals surface area contributed by atoms with Crippen LogP contribution in [0.2, 0.25) is 0 Å². The molecular formula is C24H20F3N2O. The summed E-state index contributed by atoms with van der Waals surface area (Å²) in [5, 5.41) is 1.30. The molecule has 1 aromatic heterocycles. The zero-order chi connectivity index (χ0) is 21.4. The summed E-state index contributed by atoms with van der Waals surface area (Å²) in [7, 11) is 0. The fourth-order valence-electron chi connectivity index (χ4n) is 3.86. The zero-order valence-corrected chi connectivity index (χ0v) is 16.4. The van der Waals surface area contributed by atoms with Crippen LogP contribution in [0.5, 0.6) is 0 Å². The highest BCUT2D eigenvalue weighted by atomic mass is 19.2. The molecule has 1 amide bonds. The van der Waals surface area contributed by atoms with Crippen LogP contribution in [0.1, 0.15) is 41.3 Å². The van der Waals surface area contributed by atoms with Gasteiger partial charge in [0.05, 0.1) is 17.6 Å². The fourth-order valence-corrected chi connectivity index (χ4v) is 3.86. The van der Waals surface area contributed by atoms with Crippen LogP contribution in [0.3, 0.4) is 0 Å². The van der Waals surface area contributed by atoms with Crippen molar-refractivity contribution in [2.45, 2.75) is 32.7 Å². The van der Waals surface area contributed by atoms with Gasteiger partial charge in [-0.05, 0) is 48.7 Å². The van der Waals surface area contributed by atoms with Crippen molar-refractivity contribution < 1.29 is 18.0 Å². The van der Waals surface area contributed by atoms with E-state index in [1.807, 2.05) is 12.1 Å². The number of amides is 1. The lowest BCUT2D eigenvalue weighted by Gasteiger charge is -2.10. The highest BCUT2D eigenvalue weighted by Gasteiger charge is 2.19. The summed E-state index contributed by atoms with van der Waals surface area (Å²) < 4.78 is 43.3. The number of fused-ring (bicyclic) bond motifs is 3. The van der Waals surface area contributed by atoms with E-state index in [4.69, 9.17) is 5.73 Å². The first kappa shape index (κ1) is 20.0. The number of unbranched alkanes of at least 4 members (excludes halogenated alkanes) is 1. The number of carbonyl (C=O) groups is 1. The topological polar surface area (TPSA) is 48.0 Å². The van der Waals surface area contributed by atoms with Crippen molar-refractivity contribution in [3.8, 4) is 0 Å². The van der Waals surface area contributed by atoms with E-state index in [2.05, 4.69) is 13.0 Å². The van der Waals surface area contributed by atoms with Gasteiger partial charge in [0, 0.05) is 28.0 Å². The van der Waals surface area contributed by atoms with Gasteiger partial charge in [0.1, 0.15) is 5.82 Å². The molecule has 1 heterocycles. The Hall–Kier alpha value is -3.28. The molecule has 4 aromatic rings. The van der Waals surface area contributed by atoms with E-state index in [9.17, 15) is 18.0 Å². The lowest BCUT2D eigenvalue weighted by Crippen LogP contribution is -2.11. The van der Waals surface area contributed by atoms with Crippen molar-refractivity contribution in [2.24, 2.45) is 5.73 Å². The quantitative estimate of drug-likeness (QED) is 0.420. The Kier molecular flexibility index (Phi) is 5.24. The number of aryl methyl sites for hydroxylation is 1. The second-order valence-electron chi connectivity index (χ2n) is 7.38. The van der Waals surface area contributed by atoms with Crippen LogP contribution in [0.4, 0.5) is 13.2 Å². The Balaban J connectivity index is 1.99. The fraction of sp³-hybridized carbons (Fsp3) is 0.208. The molecular weight excluding hydrogens is 389 g/mol. The number of primary amides is 1. The minimum absolute atomic E-state index is 0.0103. The highest BCUT2D eigenvalue weighted by Crippen LogP contribution is 2.33. The minimum atomic E-state index is -1.23. The van der Waals surface area contributed by atoms with E-state index in [1.54, 1.807) is 22.8 Å². The molecule has 3 aromatic carbocycles. The van der Waals surface area contributed by atoms with E-state index >= 15 is 0 Å². The van der Waals surface area contributed by atoms with Gasteiger partial charge in [-0.1, -0.05) is 25.5 Å². The molecule has 0 aliphatic rings. The van der Waals surface area contributed by atoms with Crippen molar-refractivity contribution in [1.29, 1.82) is 0 Å². The van der Waals surface area contributed by atoms with Gasteiger partial charge in [-0.15, -0.1) is 0 Å². The lowest BCUT2D eigenvalue weighted by molar-refractivity contribution is 0.100. The van der Waals surface area contributed by atoms with Gasteiger partial charge < -0.3 is 10.3 Å². The van der Waals surface area contributed by atoms with Gasteiger partial charge in [-0.2, -0.15) is 0 Å². The summed E-state index contributed by atoms with van der Waals surface area (Å²) in [6, 6.07) is 13.6. The Morgan fingerprint density at radius 2 is 1.83 bits per heavy atom. The van der Waals surface area contributed by atoms with Gasteiger partial charge in [0.25, 0.3) is 0 Å². The molecule has 0 spiro atoms. The van der Waals surface area contributed by atoms with Crippen LogP contribution < -0.4 is 5.73 Å². The molecule has 0 unspecified atom stereocenters. The molecule has 153 valence electrons. The normalized spacial score (nSPS) is 11.5. The number of carbonyl (C=O) groups excluding carboxylic acids is 1. The van der Waals surface area contributed by atoms with Crippen LogP contribution in [-0.2, 0) is 13.0 Å². The van der Waals surface area contributed by atoms with Crippen molar-refractivity contribution in [3.05, 3.63) is 82.7 Å². The maximum Gasteiger partial charge on any atom is 0.249 e. The van der Waals surface area contributed by atoms with Gasteiger partial charge in [-0.3, -0.25) is 4.79 Å². The molecule has 0 fully saturated rings. The molecule has 30 heavy (non-hydrogen) atoms. The summed E-state index contributed by atoms with van der Waals surface area (Å²) in [5.41, 5.74) is 8.35. The number of halogens is 3. The number of hydrogen-bond acceptors (Lipinski definition) is 1. The third-order valence-electron chi connectivity index (χ3n) is 5.36. The molecule has 1 radical (unpaired) electrons. The first-order valence-electron chi connectivity index (χ1n) is 9.79. The first-order valence-corrected chi connectivity index (χ1v) is 9.79. The van der Waals surface area contributed by atoms with Crippen molar-refractivity contribution in [1.82, 2.24) is 4.57 Å². The molecule has 0 saturated carbocycles. The molecule has 0 aliphatic heterocycles. The number of rotatable bonds is 6. The third-order valence-corrected chi connectivity index (χ3v) is 5.36. The Morgan fingerprint density at radius 3 is 2.57 bits per heavy atom. The number of hydrogen-bond donors (Lipinski definition) is 1. The Bertz CT molecular complexity index is 1280. The van der Waals surface area contributed by atoms with Crippen LogP contribution in [0.25, 0.3) is 21.8 Å². The summed E-state index contributed by atoms with van der Waals surface area (Å²) in [6.07, 6.45) is 2.89. The maximum absolute atomic E-state index is 14.4. The third kappa shape index (κ3) is 3.43. The average Bonchev–Trinajstić information content (AvgIpc) is 3.03. The molecule has 0 bridgehead atoms. The molecule has 6 heteroatoms. The summed E-state index contributed by atoms with van der Waals surface area (Å²) >= 11 is 0. The summed E-state index contributed by atoms with van der Waals surface area (Å²) in [5.74, 6) is -3.76. The van der Waals surface area contributed by atoms with Crippen LogP contribution in [-0.4, -0.2) is 10.5 Å². The van der Waals surface area contributed by atoms with Crippen molar-refractivity contribution in [3.63, 3.8) is 0 Å². The van der Waals surface area contributed by atoms with Gasteiger partial charge in [0.2, 0.25) is 5.91 Å². The number of benzene rings is 3. The molecule has 0 atom stereocenters. The smallest absolute Gasteiger partial charge is 0.249 e. The minimum Gasteiger partial charge on any atom is -0.366 e. The predicted octanol–water partition coefficient (Wildman–Crippen LogP) is 5.50. The summed E-state index contributed by atoms with van der Waals surface area (Å²) in [4.78, 5) is 12.0. The number of aromatic nitrogens is 1. The van der Waals surface area contributed by atoms with Crippen molar-refractivity contribution >= 4 is 27.7 Å². The Morgan fingerprint density at radius 1 is 1.07 bits per heavy atom. The van der Waals surface area contributed by atoms with Crippen LogP contribution >= 0.6 is 0 Å². The number of nitrogens with two attached hydrogens (primary N) is 1. The average molecular weight is 409 g/mol. The molecule has 0 saturated heterocycles. The molecule has 4 rings (SSSR count). The lowest BCUT2D eigenvalue weighted by atomic mass is 10.0. The first-order chi connectivity index (χ1) is 14.4. The van der Waals surface area contributed by atoms with E-state index in [0.717, 1.165) is 36.4 Å². The van der Waals surface area contributed by atoms with Gasteiger partial charge in [0.15, 0.2) is 11.6 Å². The SMILES string of the molecule is CCCCc1c[c]c2c3c(C(N)=O)cccc3n(Cc3cc(F)c(F)cc3F)c2c1. The van der Waals surface area contributed by atoms with Crippen LogP contribution in [0.15, 0.2) is 42.5 Å². The van der Waals surface area contributed by atoms with E-state index in [1.165, 1.54) is 0 Å². The monoisotopic (exact) mass is 409 g/mol. The molecule has 3 nitrogen and oxygen atoms in total. The van der Waals surface area contributed by atoms with E-state index in [-0.39, 0.29) is 12.1 Å². The second-order valence-corrected chi connectivity index (χ2v) is 7.38. The second kappa shape index (κ2) is 7.86. The highest BCUT2D eigenvalue weighted by molar-refractivity contribution is 6.17. The van der Waals surface area contributed by atoms with Crippen LogP contribution in [0, 0.1) is 23.5 Å². The van der Waals surface area contributed by atoms with Gasteiger partial charge >= 0.3 is 0 Å². The zero-order valence-electron chi connectivity index (χ0n) is 16.4. The Labute approximate surface area is 171 Å². The van der Waals surface area contributed by atoms with E-state index < -0.39 is 23.4 Å². The maximum atomic E-state index is 14.4. The van der Waals surface area contributed by atoms with Crippen molar-refractivity contribution in [2.75, 3.05) is 0 Å². The standard InChI is InChI=1S/C24H20F3N2O/c1-2-3-5-14-8-9-16-22(10-14)29(13-15-11-19(26)20(27)12-18(15)25)21-7-4-6-17(23(16)21)24(28)30/h4,6-8,10-12H,2-3,5,13H2,1H3,(H2,28,30). The van der Waals surface area contributed by atoms with Gasteiger partial charge in [-0.25, -0.2) is 13.2 Å². The van der Waals surface area contributed by atoms with E-state index in [0.29, 0.717) is 27.9 Å². The summed E-state index contributed by atoms with van der Waals surface area (Å²) in [6.45, 7) is 2.07. The molecule has 2 N–H and O–H groups in total. The largest absolute Gasteiger partial charge is 0.366 e.